The minimum atomic E-state index is -3.14. The summed E-state index contributed by atoms with van der Waals surface area (Å²) in [6, 6.07) is 6.82. The molecule has 0 radical (unpaired) electrons. The zero-order valence-corrected chi connectivity index (χ0v) is 18.6. The van der Waals surface area contributed by atoms with Crippen LogP contribution in [0.3, 0.4) is 0 Å². The van der Waals surface area contributed by atoms with Gasteiger partial charge in [0.15, 0.2) is 15.9 Å². The Hall–Kier alpha value is -1.99. The van der Waals surface area contributed by atoms with Gasteiger partial charge in [0, 0.05) is 11.1 Å². The molecular formula is C21H26ClNO5S. The van der Waals surface area contributed by atoms with E-state index in [9.17, 15) is 13.2 Å². The van der Waals surface area contributed by atoms with Gasteiger partial charge in [-0.3, -0.25) is 4.79 Å². The molecule has 1 fully saturated rings. The lowest BCUT2D eigenvalue weighted by atomic mass is 10.1. The molecule has 0 aliphatic carbocycles. The largest absolute Gasteiger partial charge is 0.481 e. The number of amides is 1. The number of ether oxygens (including phenoxy) is 1. The molecule has 2 heterocycles. The van der Waals surface area contributed by atoms with Gasteiger partial charge in [0.25, 0.3) is 5.91 Å². The highest BCUT2D eigenvalue weighted by Gasteiger charge is 2.37. The number of hydrogen-bond donors (Lipinski definition) is 0. The molecule has 8 heteroatoms. The molecule has 0 N–H and O–H groups in total. The van der Waals surface area contributed by atoms with E-state index in [1.807, 2.05) is 26.8 Å². The van der Waals surface area contributed by atoms with Crippen LogP contribution in [-0.4, -0.2) is 42.9 Å². The molecule has 1 amide bonds. The van der Waals surface area contributed by atoms with Crippen LogP contribution >= 0.6 is 11.6 Å². The molecular weight excluding hydrogens is 414 g/mol. The lowest BCUT2D eigenvalue weighted by Crippen LogP contribution is -2.46. The third-order valence-electron chi connectivity index (χ3n) is 5.13. The minimum Gasteiger partial charge on any atom is -0.481 e. The maximum atomic E-state index is 13.2. The molecule has 1 aliphatic rings. The Morgan fingerprint density at radius 2 is 1.93 bits per heavy atom. The smallest absolute Gasteiger partial charge is 0.264 e. The van der Waals surface area contributed by atoms with E-state index in [-0.39, 0.29) is 24.0 Å². The van der Waals surface area contributed by atoms with E-state index in [1.165, 1.54) is 0 Å². The molecule has 0 unspecified atom stereocenters. The summed E-state index contributed by atoms with van der Waals surface area (Å²) in [5.74, 6) is 1.69. The Morgan fingerprint density at radius 3 is 2.45 bits per heavy atom. The third-order valence-corrected chi connectivity index (χ3v) is 7.47. The van der Waals surface area contributed by atoms with E-state index >= 15 is 0 Å². The number of carbonyl (C=O) groups excluding carboxylic acids is 1. The zero-order chi connectivity index (χ0) is 21.3. The number of benzene rings is 1. The molecule has 0 bridgehead atoms. The van der Waals surface area contributed by atoms with Gasteiger partial charge < -0.3 is 14.1 Å². The summed E-state index contributed by atoms with van der Waals surface area (Å²) < 4.78 is 35.5. The summed E-state index contributed by atoms with van der Waals surface area (Å²) in [5.41, 5.74) is 1.73. The van der Waals surface area contributed by atoms with E-state index in [2.05, 4.69) is 0 Å². The highest BCUT2D eigenvalue weighted by molar-refractivity contribution is 7.91. The summed E-state index contributed by atoms with van der Waals surface area (Å²) in [7, 11) is -3.14. The highest BCUT2D eigenvalue weighted by atomic mass is 35.5. The normalized spacial score (nSPS) is 19.1. The maximum absolute atomic E-state index is 13.2. The summed E-state index contributed by atoms with van der Waals surface area (Å²) in [4.78, 5) is 14.8. The molecule has 1 aromatic carbocycles. The van der Waals surface area contributed by atoms with Crippen molar-refractivity contribution in [2.75, 3.05) is 11.5 Å². The van der Waals surface area contributed by atoms with Crippen molar-refractivity contribution in [1.82, 2.24) is 4.90 Å². The van der Waals surface area contributed by atoms with Crippen molar-refractivity contribution in [2.45, 2.75) is 52.8 Å². The van der Waals surface area contributed by atoms with Crippen molar-refractivity contribution in [2.24, 2.45) is 0 Å². The van der Waals surface area contributed by atoms with E-state index < -0.39 is 22.0 Å². The minimum absolute atomic E-state index is 0.0374. The predicted molar refractivity (Wildman–Crippen MR) is 112 cm³/mol. The first-order valence-electron chi connectivity index (χ1n) is 9.55. The van der Waals surface area contributed by atoms with Gasteiger partial charge in [0.2, 0.25) is 0 Å². The van der Waals surface area contributed by atoms with Crippen LogP contribution in [0.25, 0.3) is 0 Å². The topological polar surface area (TPSA) is 76.8 Å². The monoisotopic (exact) mass is 439 g/mol. The predicted octanol–water partition coefficient (Wildman–Crippen LogP) is 3.84. The van der Waals surface area contributed by atoms with E-state index in [1.54, 1.807) is 30.0 Å². The number of rotatable bonds is 6. The van der Waals surface area contributed by atoms with Gasteiger partial charge in [0.1, 0.15) is 17.3 Å². The van der Waals surface area contributed by atoms with Crippen molar-refractivity contribution in [3.63, 3.8) is 0 Å². The van der Waals surface area contributed by atoms with Crippen molar-refractivity contribution in [3.05, 3.63) is 51.9 Å². The number of aryl methyl sites for hydroxylation is 3. The standard InChI is InChI=1S/C21H26ClNO5S/c1-13-9-19(10-14(2)20(13)22)28-16(4)21(24)23(11-18-6-5-15(3)27-18)17-7-8-29(25,26)12-17/h5-6,9-10,16-17H,7-8,11-12H2,1-4H3/t16-,17+/m0/s1. The fourth-order valence-electron chi connectivity index (χ4n) is 3.61. The van der Waals surface area contributed by atoms with Gasteiger partial charge in [-0.25, -0.2) is 8.42 Å². The van der Waals surface area contributed by atoms with Gasteiger partial charge in [0.05, 0.1) is 18.1 Å². The second-order valence-corrected chi connectivity index (χ2v) is 10.3. The van der Waals surface area contributed by atoms with Crippen molar-refractivity contribution < 1.29 is 22.4 Å². The van der Waals surface area contributed by atoms with E-state index in [0.29, 0.717) is 23.0 Å². The second kappa shape index (κ2) is 8.40. The number of carbonyl (C=O) groups is 1. The number of hydrogen-bond acceptors (Lipinski definition) is 5. The molecule has 29 heavy (non-hydrogen) atoms. The molecule has 1 aliphatic heterocycles. The van der Waals surface area contributed by atoms with Crippen LogP contribution in [0.4, 0.5) is 0 Å². The molecule has 2 atom stereocenters. The third kappa shape index (κ3) is 5.14. The quantitative estimate of drug-likeness (QED) is 0.683. The summed E-state index contributed by atoms with van der Waals surface area (Å²) in [6.45, 7) is 7.46. The molecule has 6 nitrogen and oxygen atoms in total. The SMILES string of the molecule is Cc1ccc(CN(C(=O)[C@H](C)Oc2cc(C)c(Cl)c(C)c2)[C@@H]2CCS(=O)(=O)C2)o1. The number of sulfone groups is 1. The average Bonchev–Trinajstić information content (AvgIpc) is 3.21. The van der Waals surface area contributed by atoms with Crippen LogP contribution in [0.15, 0.2) is 28.7 Å². The van der Waals surface area contributed by atoms with Gasteiger partial charge in [-0.1, -0.05) is 11.6 Å². The van der Waals surface area contributed by atoms with Crippen LogP contribution in [0.2, 0.25) is 5.02 Å². The molecule has 0 spiro atoms. The van der Waals surface area contributed by atoms with Gasteiger partial charge in [-0.15, -0.1) is 0 Å². The van der Waals surface area contributed by atoms with Crippen molar-refractivity contribution in [1.29, 1.82) is 0 Å². The van der Waals surface area contributed by atoms with Gasteiger partial charge >= 0.3 is 0 Å². The van der Waals surface area contributed by atoms with Crippen LogP contribution in [0.1, 0.15) is 36.0 Å². The fourth-order valence-corrected chi connectivity index (χ4v) is 5.45. The van der Waals surface area contributed by atoms with Crippen LogP contribution in [0.5, 0.6) is 5.75 Å². The lowest BCUT2D eigenvalue weighted by molar-refractivity contribution is -0.141. The first kappa shape index (κ1) is 21.7. The highest BCUT2D eigenvalue weighted by Crippen LogP contribution is 2.27. The Labute approximate surface area is 176 Å². The molecule has 2 aromatic rings. The maximum Gasteiger partial charge on any atom is 0.264 e. The Bertz CT molecular complexity index is 991. The average molecular weight is 440 g/mol. The summed E-state index contributed by atoms with van der Waals surface area (Å²) >= 11 is 6.21. The summed E-state index contributed by atoms with van der Waals surface area (Å²) in [6.07, 6.45) is -0.367. The van der Waals surface area contributed by atoms with Crippen molar-refractivity contribution >= 4 is 27.3 Å². The Balaban J connectivity index is 1.81. The Kier molecular flexibility index (Phi) is 6.29. The second-order valence-electron chi connectivity index (χ2n) is 7.67. The van der Waals surface area contributed by atoms with Gasteiger partial charge in [-0.2, -0.15) is 0 Å². The van der Waals surface area contributed by atoms with Crippen molar-refractivity contribution in [3.8, 4) is 5.75 Å². The number of halogens is 1. The first-order chi connectivity index (χ1) is 13.6. The molecule has 1 saturated heterocycles. The number of furan rings is 1. The van der Waals surface area contributed by atoms with Gasteiger partial charge in [-0.05, 0) is 69.5 Å². The van der Waals surface area contributed by atoms with E-state index in [0.717, 1.165) is 16.9 Å². The first-order valence-corrected chi connectivity index (χ1v) is 11.8. The summed E-state index contributed by atoms with van der Waals surface area (Å²) in [5, 5.41) is 0.669. The van der Waals surface area contributed by atoms with E-state index in [4.69, 9.17) is 20.8 Å². The number of nitrogens with zero attached hydrogens (tertiary/aromatic N) is 1. The fraction of sp³-hybridized carbons (Fsp3) is 0.476. The van der Waals surface area contributed by atoms with Crippen LogP contribution in [0, 0.1) is 20.8 Å². The molecule has 0 saturated carbocycles. The van der Waals surface area contributed by atoms with Crippen LogP contribution in [-0.2, 0) is 21.2 Å². The molecule has 3 rings (SSSR count). The molecule has 1 aromatic heterocycles. The molecule has 158 valence electrons. The Morgan fingerprint density at radius 1 is 1.28 bits per heavy atom. The lowest BCUT2D eigenvalue weighted by Gasteiger charge is -2.30. The van der Waals surface area contributed by atoms with Crippen LogP contribution < -0.4 is 4.74 Å². The zero-order valence-electron chi connectivity index (χ0n) is 17.1.